The number of nitrogens with two attached hydrogens (primary N) is 1. The van der Waals surface area contributed by atoms with Crippen LogP contribution in [0, 0.1) is 0 Å². The minimum absolute atomic E-state index is 0.368. The van der Waals surface area contributed by atoms with Crippen LogP contribution in [0.25, 0.3) is 0 Å². The molecule has 0 aromatic heterocycles. The third-order valence-electron chi connectivity index (χ3n) is 2.04. The number of carbonyl (C=O) groups is 1. The second-order valence-corrected chi connectivity index (χ2v) is 3.65. The van der Waals surface area contributed by atoms with E-state index in [9.17, 15) is 4.79 Å². The molecule has 3 heteroatoms. The number of carbonyl (C=O) groups excluding carboxylic acids is 1. The number of benzene rings is 1. The quantitative estimate of drug-likeness (QED) is 0.468. The molecule has 0 saturated carbocycles. The Labute approximate surface area is 95.9 Å². The smallest absolute Gasteiger partial charge is 0.332 e. The first-order valence-corrected chi connectivity index (χ1v) is 5.33. The lowest BCUT2D eigenvalue weighted by Gasteiger charge is -2.02. The lowest BCUT2D eigenvalue weighted by molar-refractivity contribution is -0.137. The van der Waals surface area contributed by atoms with E-state index in [-0.39, 0.29) is 5.97 Å². The molecule has 86 valence electrons. The van der Waals surface area contributed by atoms with Crippen molar-refractivity contribution in [3.8, 4) is 0 Å². The standard InChI is InChI=1S/C13H17NO2/c1-11(14)10-13(15)16-9-5-8-12-6-3-2-4-7-12/h2-4,6-7,10H,5,8-9,14H2,1H3/b11-10-. The molecular weight excluding hydrogens is 202 g/mol. The molecular formula is C13H17NO2. The molecule has 0 spiro atoms. The molecule has 0 saturated heterocycles. The Morgan fingerprint density at radius 1 is 1.38 bits per heavy atom. The zero-order valence-electron chi connectivity index (χ0n) is 9.48. The second-order valence-electron chi connectivity index (χ2n) is 3.65. The Morgan fingerprint density at radius 3 is 2.69 bits per heavy atom. The van der Waals surface area contributed by atoms with Gasteiger partial charge in [-0.3, -0.25) is 0 Å². The predicted octanol–water partition coefficient (Wildman–Crippen LogP) is 2.02. The van der Waals surface area contributed by atoms with Gasteiger partial charge in [-0.05, 0) is 25.3 Å². The maximum Gasteiger partial charge on any atom is 0.332 e. The average Bonchev–Trinajstić information content (AvgIpc) is 2.25. The van der Waals surface area contributed by atoms with Crippen molar-refractivity contribution in [2.24, 2.45) is 5.73 Å². The van der Waals surface area contributed by atoms with Gasteiger partial charge in [0.15, 0.2) is 0 Å². The minimum atomic E-state index is -0.368. The first-order chi connectivity index (χ1) is 7.68. The van der Waals surface area contributed by atoms with Gasteiger partial charge in [-0.25, -0.2) is 4.79 Å². The average molecular weight is 219 g/mol. The molecule has 3 nitrogen and oxygen atoms in total. The molecule has 0 heterocycles. The molecule has 0 aliphatic rings. The van der Waals surface area contributed by atoms with E-state index >= 15 is 0 Å². The van der Waals surface area contributed by atoms with Gasteiger partial charge in [-0.15, -0.1) is 0 Å². The highest BCUT2D eigenvalue weighted by atomic mass is 16.5. The number of allylic oxidation sites excluding steroid dienone is 1. The lowest BCUT2D eigenvalue weighted by atomic mass is 10.1. The van der Waals surface area contributed by atoms with Crippen LogP contribution >= 0.6 is 0 Å². The number of ether oxygens (including phenoxy) is 1. The van der Waals surface area contributed by atoms with Crippen molar-refractivity contribution in [1.82, 2.24) is 0 Å². The van der Waals surface area contributed by atoms with Crippen LogP contribution in [0.1, 0.15) is 18.9 Å². The summed E-state index contributed by atoms with van der Waals surface area (Å²) in [5.41, 5.74) is 7.07. The van der Waals surface area contributed by atoms with E-state index in [1.165, 1.54) is 11.6 Å². The lowest BCUT2D eigenvalue weighted by Crippen LogP contribution is -2.06. The fourth-order valence-electron chi connectivity index (χ4n) is 1.32. The van der Waals surface area contributed by atoms with Crippen molar-refractivity contribution in [2.75, 3.05) is 6.61 Å². The van der Waals surface area contributed by atoms with Crippen molar-refractivity contribution in [2.45, 2.75) is 19.8 Å². The van der Waals surface area contributed by atoms with Gasteiger partial charge in [-0.2, -0.15) is 0 Å². The van der Waals surface area contributed by atoms with Gasteiger partial charge in [-0.1, -0.05) is 30.3 Å². The summed E-state index contributed by atoms with van der Waals surface area (Å²) in [6, 6.07) is 10.1. The summed E-state index contributed by atoms with van der Waals surface area (Å²) in [6.45, 7) is 2.09. The van der Waals surface area contributed by atoms with Crippen molar-refractivity contribution < 1.29 is 9.53 Å². The summed E-state index contributed by atoms with van der Waals surface area (Å²) in [7, 11) is 0. The van der Waals surface area contributed by atoms with Crippen LogP contribution in [0.4, 0.5) is 0 Å². The fraction of sp³-hybridized carbons (Fsp3) is 0.308. The van der Waals surface area contributed by atoms with Crippen molar-refractivity contribution in [3.05, 3.63) is 47.7 Å². The van der Waals surface area contributed by atoms with Crippen molar-refractivity contribution >= 4 is 5.97 Å². The molecule has 0 unspecified atom stereocenters. The molecule has 0 aliphatic heterocycles. The van der Waals surface area contributed by atoms with Crippen LogP contribution < -0.4 is 5.73 Å². The van der Waals surface area contributed by atoms with Gasteiger partial charge in [0.2, 0.25) is 0 Å². The molecule has 0 atom stereocenters. The highest BCUT2D eigenvalue weighted by molar-refractivity contribution is 5.82. The Morgan fingerprint density at radius 2 is 2.06 bits per heavy atom. The SMILES string of the molecule is C/C(N)=C/C(=O)OCCCc1ccccc1. The Kier molecular flexibility index (Phi) is 5.12. The Hall–Kier alpha value is -1.77. The largest absolute Gasteiger partial charge is 0.462 e. The van der Waals surface area contributed by atoms with E-state index < -0.39 is 0 Å². The third-order valence-corrected chi connectivity index (χ3v) is 2.04. The molecule has 0 radical (unpaired) electrons. The summed E-state index contributed by atoms with van der Waals surface area (Å²) in [6.07, 6.45) is 3.04. The highest BCUT2D eigenvalue weighted by Crippen LogP contribution is 2.02. The van der Waals surface area contributed by atoms with Crippen LogP contribution in [0.2, 0.25) is 0 Å². The number of aryl methyl sites for hydroxylation is 1. The Bertz CT molecular complexity index is 353. The molecule has 0 amide bonds. The topological polar surface area (TPSA) is 52.3 Å². The maximum absolute atomic E-state index is 11.1. The normalized spacial score (nSPS) is 11.2. The summed E-state index contributed by atoms with van der Waals surface area (Å²) in [5.74, 6) is -0.368. The fourth-order valence-corrected chi connectivity index (χ4v) is 1.32. The van der Waals surface area contributed by atoms with Gasteiger partial charge in [0, 0.05) is 11.8 Å². The zero-order valence-corrected chi connectivity index (χ0v) is 9.48. The van der Waals surface area contributed by atoms with E-state index in [4.69, 9.17) is 10.5 Å². The monoisotopic (exact) mass is 219 g/mol. The van der Waals surface area contributed by atoms with Gasteiger partial charge >= 0.3 is 5.97 Å². The Balaban J connectivity index is 2.18. The van der Waals surface area contributed by atoms with Crippen molar-refractivity contribution in [3.63, 3.8) is 0 Å². The molecule has 0 bridgehead atoms. The summed E-state index contributed by atoms with van der Waals surface area (Å²) in [4.78, 5) is 11.1. The number of hydrogen-bond acceptors (Lipinski definition) is 3. The van der Waals surface area contributed by atoms with Crippen molar-refractivity contribution in [1.29, 1.82) is 0 Å². The molecule has 1 aromatic carbocycles. The predicted molar refractivity (Wildman–Crippen MR) is 63.7 cm³/mol. The van der Waals surface area contributed by atoms with E-state index in [1.54, 1.807) is 6.92 Å². The third kappa shape index (κ3) is 5.20. The molecule has 16 heavy (non-hydrogen) atoms. The summed E-state index contributed by atoms with van der Waals surface area (Å²) < 4.78 is 4.98. The summed E-state index contributed by atoms with van der Waals surface area (Å²) >= 11 is 0. The zero-order chi connectivity index (χ0) is 11.8. The molecule has 2 N–H and O–H groups in total. The van der Waals surface area contributed by atoms with Crippen LogP contribution in [0.3, 0.4) is 0 Å². The van der Waals surface area contributed by atoms with E-state index in [0.29, 0.717) is 12.3 Å². The van der Waals surface area contributed by atoms with Gasteiger partial charge in [0.1, 0.15) is 0 Å². The van der Waals surface area contributed by atoms with Gasteiger partial charge < -0.3 is 10.5 Å². The van der Waals surface area contributed by atoms with Crippen LogP contribution in [0.15, 0.2) is 42.1 Å². The highest BCUT2D eigenvalue weighted by Gasteiger charge is 1.98. The van der Waals surface area contributed by atoms with Crippen LogP contribution in [-0.4, -0.2) is 12.6 Å². The first-order valence-electron chi connectivity index (χ1n) is 5.33. The van der Waals surface area contributed by atoms with Crippen LogP contribution in [-0.2, 0) is 16.0 Å². The number of rotatable bonds is 5. The van der Waals surface area contributed by atoms with E-state index in [2.05, 4.69) is 12.1 Å². The van der Waals surface area contributed by atoms with Crippen LogP contribution in [0.5, 0.6) is 0 Å². The first kappa shape index (κ1) is 12.3. The number of esters is 1. The molecule has 1 rings (SSSR count). The van der Waals surface area contributed by atoms with Gasteiger partial charge in [0.25, 0.3) is 0 Å². The summed E-state index contributed by atoms with van der Waals surface area (Å²) in [5, 5.41) is 0. The van der Waals surface area contributed by atoms with E-state index in [1.807, 2.05) is 18.2 Å². The molecule has 1 aromatic rings. The van der Waals surface area contributed by atoms with Gasteiger partial charge in [0.05, 0.1) is 6.61 Å². The maximum atomic E-state index is 11.1. The minimum Gasteiger partial charge on any atom is -0.462 e. The van der Waals surface area contributed by atoms with E-state index in [0.717, 1.165) is 12.8 Å². The second kappa shape index (κ2) is 6.67. The number of hydrogen-bond donors (Lipinski definition) is 1. The molecule has 0 aliphatic carbocycles. The molecule has 0 fully saturated rings.